The van der Waals surface area contributed by atoms with E-state index in [1.54, 1.807) is 32.4 Å². The van der Waals surface area contributed by atoms with Crippen molar-refractivity contribution in [2.45, 2.75) is 13.0 Å². The van der Waals surface area contributed by atoms with Crippen LogP contribution in [0.1, 0.15) is 5.56 Å². The van der Waals surface area contributed by atoms with Crippen LogP contribution >= 0.6 is 0 Å². The molecule has 1 amide bonds. The Hall–Kier alpha value is -4.01. The number of carbonyl (C=O) groups excluding carboxylic acids is 1. The normalized spacial score (nSPS) is 11.8. The highest BCUT2D eigenvalue weighted by Gasteiger charge is 2.15. The summed E-state index contributed by atoms with van der Waals surface area (Å²) in [6, 6.07) is 14.0. The fraction of sp³-hybridized carbons (Fsp3) is 0.261. The number of ether oxygens (including phenoxy) is 4. The van der Waals surface area contributed by atoms with Crippen molar-refractivity contribution in [3.63, 3.8) is 0 Å². The van der Waals surface area contributed by atoms with Gasteiger partial charge in [-0.05, 0) is 48.4 Å². The van der Waals surface area contributed by atoms with E-state index in [-0.39, 0.29) is 24.8 Å². The molecule has 0 unspecified atom stereocenters. The van der Waals surface area contributed by atoms with Crippen LogP contribution in [-0.2, 0) is 17.8 Å². The van der Waals surface area contributed by atoms with Crippen LogP contribution in [-0.4, -0.2) is 43.2 Å². The van der Waals surface area contributed by atoms with Crippen LogP contribution in [0.3, 0.4) is 0 Å². The molecule has 2 heterocycles. The number of rotatable bonds is 8. The Morgan fingerprint density at radius 2 is 1.84 bits per heavy atom. The van der Waals surface area contributed by atoms with Gasteiger partial charge < -0.3 is 24.3 Å². The Bertz CT molecular complexity index is 1190. The molecule has 0 bridgehead atoms. The second kappa shape index (κ2) is 9.42. The summed E-state index contributed by atoms with van der Waals surface area (Å²) in [5.74, 6) is 2.26. The van der Waals surface area contributed by atoms with Gasteiger partial charge in [0.1, 0.15) is 6.54 Å². The molecular formula is C23H23N3O6. The molecule has 0 fully saturated rings. The number of methoxy groups -OCH3 is 2. The molecule has 0 radical (unpaired) electrons. The summed E-state index contributed by atoms with van der Waals surface area (Å²) in [6.07, 6.45) is 0.603. The summed E-state index contributed by atoms with van der Waals surface area (Å²) in [4.78, 5) is 24.6. The van der Waals surface area contributed by atoms with E-state index in [4.69, 9.17) is 18.9 Å². The Labute approximate surface area is 184 Å². The van der Waals surface area contributed by atoms with E-state index < -0.39 is 0 Å². The lowest BCUT2D eigenvalue weighted by molar-refractivity contribution is -0.121. The smallest absolute Gasteiger partial charge is 0.267 e. The first-order chi connectivity index (χ1) is 15.6. The van der Waals surface area contributed by atoms with Crippen LogP contribution in [0.2, 0.25) is 0 Å². The van der Waals surface area contributed by atoms with Gasteiger partial charge in [-0.15, -0.1) is 0 Å². The number of benzene rings is 2. The SMILES string of the molecule is COc1ccc(CCNC(=O)Cn2nc(-c3ccc4c(c3)OCO4)ccc2=O)cc1OC. The highest BCUT2D eigenvalue weighted by molar-refractivity contribution is 5.75. The molecule has 1 aliphatic heterocycles. The minimum atomic E-state index is -0.357. The quantitative estimate of drug-likeness (QED) is 0.575. The Balaban J connectivity index is 1.38. The third-order valence-corrected chi connectivity index (χ3v) is 5.01. The topological polar surface area (TPSA) is 101 Å². The third kappa shape index (κ3) is 4.66. The molecule has 166 valence electrons. The molecule has 32 heavy (non-hydrogen) atoms. The lowest BCUT2D eigenvalue weighted by Crippen LogP contribution is -2.34. The maximum Gasteiger partial charge on any atom is 0.267 e. The number of amides is 1. The average Bonchev–Trinajstić information content (AvgIpc) is 3.28. The molecule has 0 atom stereocenters. The number of hydrogen-bond acceptors (Lipinski definition) is 7. The Morgan fingerprint density at radius 1 is 1.03 bits per heavy atom. The van der Waals surface area contributed by atoms with Crippen LogP contribution in [0.5, 0.6) is 23.0 Å². The van der Waals surface area contributed by atoms with Gasteiger partial charge in [0, 0.05) is 18.2 Å². The summed E-state index contributed by atoms with van der Waals surface area (Å²) in [6.45, 7) is 0.406. The van der Waals surface area contributed by atoms with Crippen molar-refractivity contribution in [1.29, 1.82) is 0 Å². The van der Waals surface area contributed by atoms with Gasteiger partial charge in [-0.2, -0.15) is 5.10 Å². The van der Waals surface area contributed by atoms with Crippen molar-refractivity contribution >= 4 is 5.91 Å². The molecule has 0 saturated heterocycles. The Morgan fingerprint density at radius 3 is 2.66 bits per heavy atom. The van der Waals surface area contributed by atoms with Crippen molar-refractivity contribution in [3.8, 4) is 34.3 Å². The lowest BCUT2D eigenvalue weighted by Gasteiger charge is -2.11. The summed E-state index contributed by atoms with van der Waals surface area (Å²) >= 11 is 0. The molecule has 1 N–H and O–H groups in total. The monoisotopic (exact) mass is 437 g/mol. The molecule has 1 aliphatic rings. The minimum Gasteiger partial charge on any atom is -0.493 e. The molecule has 2 aromatic carbocycles. The number of hydrogen-bond donors (Lipinski definition) is 1. The molecule has 1 aromatic heterocycles. The lowest BCUT2D eigenvalue weighted by atomic mass is 10.1. The third-order valence-electron chi connectivity index (χ3n) is 5.01. The maximum absolute atomic E-state index is 12.4. The van der Waals surface area contributed by atoms with Crippen LogP contribution < -0.4 is 29.8 Å². The Kier molecular flexibility index (Phi) is 6.25. The molecular weight excluding hydrogens is 414 g/mol. The highest BCUT2D eigenvalue weighted by atomic mass is 16.7. The van der Waals surface area contributed by atoms with E-state index in [2.05, 4.69) is 10.4 Å². The maximum atomic E-state index is 12.4. The van der Waals surface area contributed by atoms with E-state index in [0.29, 0.717) is 41.7 Å². The number of fused-ring (bicyclic) bond motifs is 1. The number of carbonyl (C=O) groups is 1. The predicted octanol–water partition coefficient (Wildman–Crippen LogP) is 2.02. The number of nitrogens with zero attached hydrogens (tertiary/aromatic N) is 2. The van der Waals surface area contributed by atoms with Crippen LogP contribution in [0.4, 0.5) is 0 Å². The zero-order valence-corrected chi connectivity index (χ0v) is 17.8. The second-order valence-electron chi connectivity index (χ2n) is 7.07. The molecule has 4 rings (SSSR count). The van der Waals surface area contributed by atoms with Crippen LogP contribution in [0.25, 0.3) is 11.3 Å². The van der Waals surface area contributed by atoms with E-state index in [9.17, 15) is 9.59 Å². The second-order valence-corrected chi connectivity index (χ2v) is 7.07. The molecule has 0 aliphatic carbocycles. The van der Waals surface area contributed by atoms with Gasteiger partial charge in [0.25, 0.3) is 5.56 Å². The van der Waals surface area contributed by atoms with Gasteiger partial charge in [0.2, 0.25) is 12.7 Å². The zero-order chi connectivity index (χ0) is 22.5. The molecule has 0 spiro atoms. The predicted molar refractivity (Wildman–Crippen MR) is 116 cm³/mol. The van der Waals surface area contributed by atoms with E-state index in [1.165, 1.54) is 6.07 Å². The van der Waals surface area contributed by atoms with Crippen molar-refractivity contribution < 1.29 is 23.7 Å². The fourth-order valence-corrected chi connectivity index (χ4v) is 3.35. The summed E-state index contributed by atoms with van der Waals surface area (Å²) in [7, 11) is 3.15. The molecule has 9 nitrogen and oxygen atoms in total. The highest BCUT2D eigenvalue weighted by Crippen LogP contribution is 2.35. The van der Waals surface area contributed by atoms with Gasteiger partial charge >= 0.3 is 0 Å². The number of nitrogens with one attached hydrogen (secondary N) is 1. The van der Waals surface area contributed by atoms with Crippen molar-refractivity contribution in [3.05, 3.63) is 64.4 Å². The van der Waals surface area contributed by atoms with Crippen LogP contribution in [0, 0.1) is 0 Å². The van der Waals surface area contributed by atoms with Gasteiger partial charge in [0.15, 0.2) is 23.0 Å². The molecule has 3 aromatic rings. The minimum absolute atomic E-state index is 0.176. The van der Waals surface area contributed by atoms with Gasteiger partial charge in [-0.25, -0.2) is 4.68 Å². The first-order valence-electron chi connectivity index (χ1n) is 10.0. The van der Waals surface area contributed by atoms with Crippen molar-refractivity contribution in [2.24, 2.45) is 0 Å². The largest absolute Gasteiger partial charge is 0.493 e. The summed E-state index contributed by atoms with van der Waals surface area (Å²) in [5.41, 5.74) is 1.95. The first-order valence-corrected chi connectivity index (χ1v) is 10.0. The van der Waals surface area contributed by atoms with E-state index in [1.807, 2.05) is 24.3 Å². The van der Waals surface area contributed by atoms with Crippen LogP contribution in [0.15, 0.2) is 53.3 Å². The number of aromatic nitrogens is 2. The zero-order valence-electron chi connectivity index (χ0n) is 17.8. The van der Waals surface area contributed by atoms with Gasteiger partial charge in [-0.1, -0.05) is 6.07 Å². The average molecular weight is 437 g/mol. The van der Waals surface area contributed by atoms with Crippen molar-refractivity contribution in [2.75, 3.05) is 27.6 Å². The van der Waals surface area contributed by atoms with Gasteiger partial charge in [0.05, 0.1) is 19.9 Å². The van der Waals surface area contributed by atoms with Crippen molar-refractivity contribution in [1.82, 2.24) is 15.1 Å². The van der Waals surface area contributed by atoms with Gasteiger partial charge in [-0.3, -0.25) is 9.59 Å². The fourth-order valence-electron chi connectivity index (χ4n) is 3.35. The van der Waals surface area contributed by atoms with E-state index >= 15 is 0 Å². The van der Waals surface area contributed by atoms with E-state index in [0.717, 1.165) is 15.8 Å². The summed E-state index contributed by atoms with van der Waals surface area (Å²) < 4.78 is 22.4. The first kappa shape index (κ1) is 21.2. The molecule has 0 saturated carbocycles. The summed E-state index contributed by atoms with van der Waals surface area (Å²) in [5, 5.41) is 7.15. The standard InChI is InChI=1S/C23H23N3O6/c1-29-18-6-3-15(11-20(18)30-2)9-10-24-22(27)13-26-23(28)8-5-17(25-26)16-4-7-19-21(12-16)32-14-31-19/h3-8,11-12H,9-10,13-14H2,1-2H3,(H,24,27). The molecule has 9 heteroatoms.